The summed E-state index contributed by atoms with van der Waals surface area (Å²) in [4.78, 5) is 16.9. The molecule has 0 saturated heterocycles. The molecule has 5 heteroatoms. The molecule has 1 aromatic heterocycles. The van der Waals surface area contributed by atoms with Gasteiger partial charge in [-0.05, 0) is 55.7 Å². The topological polar surface area (TPSA) is 34.9 Å². The first-order valence-corrected chi connectivity index (χ1v) is 8.97. The Balaban J connectivity index is 1.90. The van der Waals surface area contributed by atoms with Gasteiger partial charge in [0.05, 0.1) is 5.69 Å². The number of aromatic nitrogens is 2. The summed E-state index contributed by atoms with van der Waals surface area (Å²) in [5.41, 5.74) is 5.14. The monoisotopic (exact) mass is 354 g/mol. The molecular weight excluding hydrogens is 335 g/mol. The SMILES string of the molecule is Cc1cc(C)c(CSc2nccn(-c3cccc(F)c3)c2=O)c(C)c1. The molecule has 1 heterocycles. The van der Waals surface area contributed by atoms with Crippen LogP contribution in [0.5, 0.6) is 0 Å². The molecule has 0 aliphatic heterocycles. The average Bonchev–Trinajstić information content (AvgIpc) is 2.55. The Hall–Kier alpha value is -2.40. The van der Waals surface area contributed by atoms with Gasteiger partial charge >= 0.3 is 0 Å². The smallest absolute Gasteiger partial charge is 0.280 e. The molecule has 3 rings (SSSR count). The summed E-state index contributed by atoms with van der Waals surface area (Å²) in [6, 6.07) is 10.3. The van der Waals surface area contributed by atoms with Gasteiger partial charge in [0.15, 0.2) is 5.03 Å². The molecule has 0 aliphatic carbocycles. The fraction of sp³-hybridized carbons (Fsp3) is 0.200. The molecule has 0 bridgehead atoms. The van der Waals surface area contributed by atoms with Crippen molar-refractivity contribution in [2.75, 3.05) is 0 Å². The lowest BCUT2D eigenvalue weighted by Gasteiger charge is -2.11. The molecule has 0 unspecified atom stereocenters. The third-order valence-electron chi connectivity index (χ3n) is 4.09. The van der Waals surface area contributed by atoms with Crippen LogP contribution >= 0.6 is 11.8 Å². The molecule has 2 aromatic carbocycles. The molecule has 0 aliphatic rings. The van der Waals surface area contributed by atoms with Crippen LogP contribution in [-0.2, 0) is 5.75 Å². The van der Waals surface area contributed by atoms with Crippen molar-refractivity contribution in [3.63, 3.8) is 0 Å². The van der Waals surface area contributed by atoms with Crippen LogP contribution in [0.4, 0.5) is 4.39 Å². The molecule has 0 N–H and O–H groups in total. The zero-order valence-corrected chi connectivity index (χ0v) is 15.2. The summed E-state index contributed by atoms with van der Waals surface area (Å²) < 4.78 is 14.9. The van der Waals surface area contributed by atoms with E-state index in [4.69, 9.17) is 0 Å². The van der Waals surface area contributed by atoms with Crippen LogP contribution in [0.3, 0.4) is 0 Å². The number of hydrogen-bond donors (Lipinski definition) is 0. The van der Waals surface area contributed by atoms with Crippen LogP contribution in [0, 0.1) is 26.6 Å². The minimum atomic E-state index is -0.374. The van der Waals surface area contributed by atoms with Crippen molar-refractivity contribution in [2.24, 2.45) is 0 Å². The van der Waals surface area contributed by atoms with E-state index in [1.807, 2.05) is 0 Å². The van der Waals surface area contributed by atoms with Crippen LogP contribution in [-0.4, -0.2) is 9.55 Å². The largest absolute Gasteiger partial charge is 0.287 e. The highest BCUT2D eigenvalue weighted by molar-refractivity contribution is 7.98. The van der Waals surface area contributed by atoms with E-state index in [1.54, 1.807) is 24.5 Å². The Morgan fingerprint density at radius 1 is 1.12 bits per heavy atom. The predicted molar refractivity (Wildman–Crippen MR) is 100 cm³/mol. The van der Waals surface area contributed by atoms with E-state index in [9.17, 15) is 9.18 Å². The van der Waals surface area contributed by atoms with Crippen molar-refractivity contribution in [1.29, 1.82) is 0 Å². The fourth-order valence-electron chi connectivity index (χ4n) is 2.90. The van der Waals surface area contributed by atoms with Crippen molar-refractivity contribution >= 4 is 11.8 Å². The molecule has 0 radical (unpaired) electrons. The molecule has 3 aromatic rings. The first-order valence-electron chi connectivity index (χ1n) is 7.99. The van der Waals surface area contributed by atoms with Gasteiger partial charge < -0.3 is 0 Å². The molecular formula is C20H19FN2OS. The van der Waals surface area contributed by atoms with Gasteiger partial charge in [-0.3, -0.25) is 9.36 Å². The maximum Gasteiger partial charge on any atom is 0.287 e. The van der Waals surface area contributed by atoms with Crippen molar-refractivity contribution in [2.45, 2.75) is 31.6 Å². The summed E-state index contributed by atoms with van der Waals surface area (Å²) in [6.07, 6.45) is 3.13. The van der Waals surface area contributed by atoms with E-state index in [2.05, 4.69) is 37.9 Å². The maximum absolute atomic E-state index is 13.4. The lowest BCUT2D eigenvalue weighted by molar-refractivity contribution is 0.626. The zero-order valence-electron chi connectivity index (χ0n) is 14.4. The second kappa shape index (κ2) is 7.23. The molecule has 0 spiro atoms. The third-order valence-corrected chi connectivity index (χ3v) is 5.08. The molecule has 0 saturated carbocycles. The first kappa shape index (κ1) is 17.4. The van der Waals surface area contributed by atoms with Gasteiger partial charge in [0.1, 0.15) is 5.82 Å². The molecule has 3 nitrogen and oxygen atoms in total. The molecule has 0 amide bonds. The number of nitrogens with zero attached hydrogens (tertiary/aromatic N) is 2. The average molecular weight is 354 g/mol. The van der Waals surface area contributed by atoms with E-state index in [1.165, 1.54) is 50.7 Å². The quantitative estimate of drug-likeness (QED) is 0.643. The van der Waals surface area contributed by atoms with Crippen molar-refractivity contribution in [1.82, 2.24) is 9.55 Å². The summed E-state index contributed by atoms with van der Waals surface area (Å²) in [6.45, 7) is 6.24. The van der Waals surface area contributed by atoms with Gasteiger partial charge in [-0.15, -0.1) is 0 Å². The summed E-state index contributed by atoms with van der Waals surface area (Å²) in [5, 5.41) is 0.408. The minimum Gasteiger partial charge on any atom is -0.280 e. The van der Waals surface area contributed by atoms with Gasteiger partial charge in [0, 0.05) is 18.1 Å². The molecule has 0 atom stereocenters. The van der Waals surface area contributed by atoms with Crippen LogP contribution in [0.15, 0.2) is 58.6 Å². The Bertz CT molecular complexity index is 958. The Labute approximate surface area is 150 Å². The van der Waals surface area contributed by atoms with E-state index in [0.29, 0.717) is 16.5 Å². The van der Waals surface area contributed by atoms with E-state index >= 15 is 0 Å². The van der Waals surface area contributed by atoms with E-state index < -0.39 is 0 Å². The Morgan fingerprint density at radius 2 is 1.84 bits per heavy atom. The van der Waals surface area contributed by atoms with E-state index in [0.717, 1.165) is 0 Å². The first-order chi connectivity index (χ1) is 12.0. The normalized spacial score (nSPS) is 10.9. The second-order valence-electron chi connectivity index (χ2n) is 6.05. The van der Waals surface area contributed by atoms with Crippen molar-refractivity contribution in [3.05, 3.63) is 87.2 Å². The predicted octanol–water partition coefficient (Wildman–Crippen LogP) is 4.59. The lowest BCUT2D eigenvalue weighted by Crippen LogP contribution is -2.20. The number of rotatable bonds is 4. The standard InChI is InChI=1S/C20H19FN2OS/c1-13-9-14(2)18(15(3)10-13)12-25-19-20(24)23(8-7-22-19)17-6-4-5-16(21)11-17/h4-11H,12H2,1-3H3. The Morgan fingerprint density at radius 3 is 2.52 bits per heavy atom. The van der Waals surface area contributed by atoms with Crippen molar-refractivity contribution < 1.29 is 4.39 Å². The summed E-state index contributed by atoms with van der Waals surface area (Å²) in [7, 11) is 0. The minimum absolute atomic E-state index is 0.236. The lowest BCUT2D eigenvalue weighted by atomic mass is 10.0. The van der Waals surface area contributed by atoms with Crippen LogP contribution in [0.2, 0.25) is 0 Å². The molecule has 0 fully saturated rings. The van der Waals surface area contributed by atoms with Gasteiger partial charge in [0.2, 0.25) is 0 Å². The fourth-order valence-corrected chi connectivity index (χ4v) is 3.99. The second-order valence-corrected chi connectivity index (χ2v) is 7.02. The van der Waals surface area contributed by atoms with Gasteiger partial charge in [-0.25, -0.2) is 9.37 Å². The highest BCUT2D eigenvalue weighted by Crippen LogP contribution is 2.24. The number of aryl methyl sites for hydroxylation is 3. The van der Waals surface area contributed by atoms with Crippen LogP contribution in [0.1, 0.15) is 22.3 Å². The number of halogens is 1. The highest BCUT2D eigenvalue weighted by atomic mass is 32.2. The van der Waals surface area contributed by atoms with E-state index in [-0.39, 0.29) is 11.4 Å². The molecule has 128 valence electrons. The number of benzene rings is 2. The van der Waals surface area contributed by atoms with Crippen LogP contribution in [0.25, 0.3) is 5.69 Å². The number of hydrogen-bond acceptors (Lipinski definition) is 3. The number of thioether (sulfide) groups is 1. The highest BCUT2D eigenvalue weighted by Gasteiger charge is 2.10. The Kier molecular flexibility index (Phi) is 5.04. The maximum atomic E-state index is 13.4. The zero-order chi connectivity index (χ0) is 18.0. The summed E-state index contributed by atoms with van der Waals surface area (Å²) in [5.74, 6) is 0.300. The van der Waals surface area contributed by atoms with Crippen LogP contribution < -0.4 is 5.56 Å². The van der Waals surface area contributed by atoms with Gasteiger partial charge in [-0.2, -0.15) is 0 Å². The molecule has 25 heavy (non-hydrogen) atoms. The summed E-state index contributed by atoms with van der Waals surface area (Å²) >= 11 is 1.41. The van der Waals surface area contributed by atoms with Gasteiger partial charge in [0.25, 0.3) is 5.56 Å². The van der Waals surface area contributed by atoms with Gasteiger partial charge in [-0.1, -0.05) is 35.5 Å². The van der Waals surface area contributed by atoms with Crippen molar-refractivity contribution in [3.8, 4) is 5.69 Å². The third kappa shape index (κ3) is 3.82.